The molecule has 0 atom stereocenters. The number of hydrogen-bond donors (Lipinski definition) is 2. The molecule has 0 fully saturated rings. The Hall–Kier alpha value is -1.32. The standard InChI is InChI=1S/C19H28N4OS.HI/c1-4-20-19(22-14-17-8-11-25-15-17)21-13-16-6-5-7-18(12-16)24-10-9-23(2)3;/h5-8,11-12,15H,4,9-10,13-14H2,1-3H3,(H2,20,21,22);1H. The highest BCUT2D eigenvalue weighted by Crippen LogP contribution is 2.13. The smallest absolute Gasteiger partial charge is 0.191 e. The third-order valence-corrected chi connectivity index (χ3v) is 4.24. The zero-order chi connectivity index (χ0) is 17.9. The van der Waals surface area contributed by atoms with Crippen molar-refractivity contribution in [3.63, 3.8) is 0 Å². The maximum Gasteiger partial charge on any atom is 0.191 e. The molecule has 0 aliphatic rings. The van der Waals surface area contributed by atoms with Crippen molar-refractivity contribution >= 4 is 41.3 Å². The Morgan fingerprint density at radius 3 is 2.73 bits per heavy atom. The van der Waals surface area contributed by atoms with E-state index in [0.717, 1.165) is 24.8 Å². The summed E-state index contributed by atoms with van der Waals surface area (Å²) < 4.78 is 5.79. The number of rotatable bonds is 9. The Morgan fingerprint density at radius 1 is 1.19 bits per heavy atom. The van der Waals surface area contributed by atoms with Crippen LogP contribution >= 0.6 is 35.3 Å². The van der Waals surface area contributed by atoms with Crippen molar-refractivity contribution in [1.29, 1.82) is 0 Å². The second kappa shape index (κ2) is 12.9. The van der Waals surface area contributed by atoms with Gasteiger partial charge in [0.05, 0.1) is 6.54 Å². The third kappa shape index (κ3) is 8.86. The van der Waals surface area contributed by atoms with E-state index < -0.39 is 0 Å². The first-order valence-electron chi connectivity index (χ1n) is 8.57. The van der Waals surface area contributed by atoms with Crippen LogP contribution < -0.4 is 15.4 Å². The summed E-state index contributed by atoms with van der Waals surface area (Å²) in [5, 5.41) is 10.9. The van der Waals surface area contributed by atoms with Gasteiger partial charge in [0.1, 0.15) is 12.4 Å². The maximum absolute atomic E-state index is 5.79. The lowest BCUT2D eigenvalue weighted by atomic mass is 10.2. The number of thiophene rings is 1. The zero-order valence-corrected chi connectivity index (χ0v) is 18.8. The van der Waals surface area contributed by atoms with Crippen LogP contribution in [0.3, 0.4) is 0 Å². The van der Waals surface area contributed by atoms with Gasteiger partial charge in [-0.2, -0.15) is 11.3 Å². The lowest BCUT2D eigenvalue weighted by Gasteiger charge is -2.13. The first kappa shape index (κ1) is 22.7. The first-order chi connectivity index (χ1) is 12.2. The number of likely N-dealkylation sites (N-methyl/N-ethyl adjacent to an activating group) is 1. The molecule has 2 N–H and O–H groups in total. The van der Waals surface area contributed by atoms with Gasteiger partial charge in [0.25, 0.3) is 0 Å². The number of benzene rings is 1. The molecule has 0 saturated heterocycles. The van der Waals surface area contributed by atoms with E-state index in [1.54, 1.807) is 11.3 Å². The number of guanidine groups is 1. The van der Waals surface area contributed by atoms with Gasteiger partial charge in [-0.15, -0.1) is 24.0 Å². The highest BCUT2D eigenvalue weighted by Gasteiger charge is 2.01. The second-order valence-electron chi connectivity index (χ2n) is 5.98. The molecule has 1 heterocycles. The van der Waals surface area contributed by atoms with Crippen LogP contribution in [0.4, 0.5) is 0 Å². The molecule has 0 unspecified atom stereocenters. The van der Waals surface area contributed by atoms with E-state index in [1.165, 1.54) is 11.1 Å². The molecule has 0 saturated carbocycles. The summed E-state index contributed by atoms with van der Waals surface area (Å²) >= 11 is 1.70. The van der Waals surface area contributed by atoms with Crippen molar-refractivity contribution in [3.8, 4) is 5.75 Å². The molecule has 2 rings (SSSR count). The molecule has 0 amide bonds. The molecule has 0 bridgehead atoms. The molecule has 0 aliphatic heterocycles. The van der Waals surface area contributed by atoms with Crippen LogP contribution in [0.5, 0.6) is 5.75 Å². The molecule has 1 aromatic carbocycles. The number of nitrogens with zero attached hydrogens (tertiary/aromatic N) is 2. The fourth-order valence-electron chi connectivity index (χ4n) is 2.17. The predicted molar refractivity (Wildman–Crippen MR) is 122 cm³/mol. The highest BCUT2D eigenvalue weighted by molar-refractivity contribution is 14.0. The molecule has 2 aromatic rings. The molecule has 0 spiro atoms. The molecule has 5 nitrogen and oxygen atoms in total. The average molecular weight is 488 g/mol. The first-order valence-corrected chi connectivity index (χ1v) is 9.51. The largest absolute Gasteiger partial charge is 0.492 e. The van der Waals surface area contributed by atoms with Crippen LogP contribution in [0.25, 0.3) is 0 Å². The van der Waals surface area contributed by atoms with Gasteiger partial charge in [-0.1, -0.05) is 12.1 Å². The Kier molecular flexibility index (Phi) is 11.3. The number of halogens is 1. The van der Waals surface area contributed by atoms with Gasteiger partial charge in [0, 0.05) is 19.6 Å². The van der Waals surface area contributed by atoms with Gasteiger partial charge in [-0.05, 0) is 61.1 Å². The average Bonchev–Trinajstić information content (AvgIpc) is 3.11. The van der Waals surface area contributed by atoms with Crippen LogP contribution in [0.15, 0.2) is 46.1 Å². The number of ether oxygens (including phenoxy) is 1. The molecule has 0 aliphatic carbocycles. The normalized spacial score (nSPS) is 11.2. The Balaban J connectivity index is 0.00000338. The van der Waals surface area contributed by atoms with Gasteiger partial charge in [-0.25, -0.2) is 4.99 Å². The van der Waals surface area contributed by atoms with Gasteiger partial charge in [0.15, 0.2) is 5.96 Å². The third-order valence-electron chi connectivity index (χ3n) is 3.51. The van der Waals surface area contributed by atoms with Crippen LogP contribution in [0.2, 0.25) is 0 Å². The summed E-state index contributed by atoms with van der Waals surface area (Å²) in [6, 6.07) is 10.3. The molecule has 26 heavy (non-hydrogen) atoms. The molecular formula is C19H29IN4OS. The fraction of sp³-hybridized carbons (Fsp3) is 0.421. The molecule has 144 valence electrons. The van der Waals surface area contributed by atoms with Gasteiger partial charge < -0.3 is 20.3 Å². The van der Waals surface area contributed by atoms with E-state index in [2.05, 4.69) is 56.4 Å². The van der Waals surface area contributed by atoms with E-state index in [-0.39, 0.29) is 24.0 Å². The van der Waals surface area contributed by atoms with E-state index in [9.17, 15) is 0 Å². The summed E-state index contributed by atoms with van der Waals surface area (Å²) in [6.45, 7) is 5.90. The van der Waals surface area contributed by atoms with Crippen molar-refractivity contribution in [2.45, 2.75) is 20.0 Å². The van der Waals surface area contributed by atoms with E-state index in [1.807, 2.05) is 26.2 Å². The molecular weight excluding hydrogens is 459 g/mol. The SMILES string of the molecule is CCNC(=NCc1ccsc1)NCc1cccc(OCCN(C)C)c1.I. The summed E-state index contributed by atoms with van der Waals surface area (Å²) in [5.41, 5.74) is 2.40. The van der Waals surface area contributed by atoms with Crippen molar-refractivity contribution < 1.29 is 4.74 Å². The van der Waals surface area contributed by atoms with Crippen LogP contribution in [-0.4, -0.2) is 44.7 Å². The number of hydrogen-bond acceptors (Lipinski definition) is 4. The number of aliphatic imine (C=N–C) groups is 1. The van der Waals surface area contributed by atoms with Crippen molar-refractivity contribution in [2.24, 2.45) is 4.99 Å². The lowest BCUT2D eigenvalue weighted by molar-refractivity contribution is 0.261. The summed E-state index contributed by atoms with van der Waals surface area (Å²) in [7, 11) is 4.09. The van der Waals surface area contributed by atoms with Crippen molar-refractivity contribution in [1.82, 2.24) is 15.5 Å². The minimum atomic E-state index is 0. The Labute approximate surface area is 177 Å². The Bertz CT molecular complexity index is 647. The van der Waals surface area contributed by atoms with E-state index in [4.69, 9.17) is 4.74 Å². The van der Waals surface area contributed by atoms with Crippen molar-refractivity contribution in [2.75, 3.05) is 33.8 Å². The highest BCUT2D eigenvalue weighted by atomic mass is 127. The van der Waals surface area contributed by atoms with E-state index >= 15 is 0 Å². The summed E-state index contributed by atoms with van der Waals surface area (Å²) in [6.07, 6.45) is 0. The van der Waals surface area contributed by atoms with E-state index in [0.29, 0.717) is 19.7 Å². The van der Waals surface area contributed by atoms with Gasteiger partial charge in [-0.3, -0.25) is 0 Å². The second-order valence-corrected chi connectivity index (χ2v) is 6.76. The summed E-state index contributed by atoms with van der Waals surface area (Å²) in [4.78, 5) is 6.74. The monoisotopic (exact) mass is 488 g/mol. The van der Waals surface area contributed by atoms with Gasteiger partial charge in [0.2, 0.25) is 0 Å². The topological polar surface area (TPSA) is 48.9 Å². The maximum atomic E-state index is 5.79. The zero-order valence-electron chi connectivity index (χ0n) is 15.7. The Morgan fingerprint density at radius 2 is 2.04 bits per heavy atom. The molecule has 7 heteroatoms. The van der Waals surface area contributed by atoms with Gasteiger partial charge >= 0.3 is 0 Å². The van der Waals surface area contributed by atoms with Crippen molar-refractivity contribution in [3.05, 3.63) is 52.2 Å². The predicted octanol–water partition coefficient (Wildman–Crippen LogP) is 3.56. The van der Waals surface area contributed by atoms with Crippen LogP contribution in [0, 0.1) is 0 Å². The quantitative estimate of drug-likeness (QED) is 0.322. The number of nitrogens with one attached hydrogen (secondary N) is 2. The fourth-order valence-corrected chi connectivity index (χ4v) is 2.83. The molecule has 1 aromatic heterocycles. The minimum absolute atomic E-state index is 0. The lowest BCUT2D eigenvalue weighted by Crippen LogP contribution is -2.36. The van der Waals surface area contributed by atoms with Crippen LogP contribution in [0.1, 0.15) is 18.1 Å². The summed E-state index contributed by atoms with van der Waals surface area (Å²) in [5.74, 6) is 1.73. The minimum Gasteiger partial charge on any atom is -0.492 e. The molecule has 0 radical (unpaired) electrons. The van der Waals surface area contributed by atoms with Crippen LogP contribution in [-0.2, 0) is 13.1 Å².